The van der Waals surface area contributed by atoms with Gasteiger partial charge in [-0.25, -0.2) is 0 Å². The molecule has 4 saturated heterocycles. The lowest BCUT2D eigenvalue weighted by molar-refractivity contribution is -0.390. The maximum atomic E-state index is 13.7. The summed E-state index contributed by atoms with van der Waals surface area (Å²) < 4.78 is 51.2. The molecule has 0 spiro atoms. The van der Waals surface area contributed by atoms with Crippen molar-refractivity contribution in [1.29, 1.82) is 0 Å². The summed E-state index contributed by atoms with van der Waals surface area (Å²) in [6, 6.07) is 0. The minimum absolute atomic E-state index is 0.0619. The van der Waals surface area contributed by atoms with Crippen LogP contribution in [0.2, 0.25) is 0 Å². The second-order valence-corrected chi connectivity index (χ2v) is 25.9. The number of carboxylic acids is 1. The van der Waals surface area contributed by atoms with Crippen LogP contribution >= 0.6 is 0 Å². The topological polar surface area (TPSA) is 435 Å². The smallest absolute Gasteiger partial charge is 0.310 e. The predicted octanol–water partition coefficient (Wildman–Crippen LogP) is -4.70. The zero-order valence-electron chi connectivity index (χ0n) is 46.0. The number of ether oxygens (including phenoxy) is 8. The molecule has 4 heterocycles. The summed E-state index contributed by atoms with van der Waals surface area (Å²) in [4.78, 5) is 13.7. The van der Waals surface area contributed by atoms with Gasteiger partial charge in [0, 0.05) is 11.3 Å². The van der Waals surface area contributed by atoms with Gasteiger partial charge < -0.3 is 125 Å². The standard InChI is InChI=1S/C54H88O26/c1-20-9-10-54(49(71)72)12-11-52(5)22(30(54)21(20)2)7-8-29-50(3)13-24(75-47-41(69)37(65)33(61)27(17-57)78-47)44(80-48-42(70)38(66)34(62)28(18-58)79-48)51(4,19-73-45-39(67)35(63)31(59)25(15-55)76-45)43(50)23(14-53(29,52)6)74-46-40(68)36(64)32(60)26(16-56)77-46/h7,20-21,23-48,55-70H,8-19H2,1-6H3,(H,71,72). The molecule has 26 heteroatoms. The van der Waals surface area contributed by atoms with E-state index in [1.165, 1.54) is 0 Å². The van der Waals surface area contributed by atoms with Crippen LogP contribution in [0, 0.1) is 56.7 Å². The number of aliphatic hydroxyl groups is 16. The number of aliphatic hydroxyl groups excluding tert-OH is 16. The zero-order chi connectivity index (χ0) is 58.7. The minimum Gasteiger partial charge on any atom is -0.481 e. The maximum absolute atomic E-state index is 13.7. The monoisotopic (exact) mass is 1150 g/mol. The number of allylic oxidation sites excluding steroid dienone is 2. The van der Waals surface area contributed by atoms with Crippen LogP contribution < -0.4 is 0 Å². The second kappa shape index (κ2) is 23.2. The highest BCUT2D eigenvalue weighted by Crippen LogP contribution is 2.76. The van der Waals surface area contributed by atoms with E-state index in [9.17, 15) is 91.6 Å². The number of fused-ring (bicyclic) bond motifs is 7. The van der Waals surface area contributed by atoms with Crippen LogP contribution in [0.4, 0.5) is 0 Å². The van der Waals surface area contributed by atoms with Crippen molar-refractivity contribution in [2.45, 2.75) is 228 Å². The van der Waals surface area contributed by atoms with Gasteiger partial charge in [0.05, 0.1) is 56.8 Å². The van der Waals surface area contributed by atoms with Gasteiger partial charge in [-0.3, -0.25) is 4.79 Å². The fraction of sp³-hybridized carbons (Fsp3) is 0.944. The Labute approximate surface area is 463 Å². The Morgan fingerprint density at radius 1 is 0.562 bits per heavy atom. The lowest BCUT2D eigenvalue weighted by Crippen LogP contribution is -2.74. The SMILES string of the molecule is CC1CCC2(C(=O)O)CCC3(C)C(=CCC4C5(C)CC(OC6OC(CO)C(O)C(O)C6O)C(OC6OC(CO)C(O)C(O)C6O)C(C)(COC6OC(CO)C(O)C(O)C6O)C5C(OC5OC(CO)C(O)C(O)C5O)CC43C)C2C1C. The summed E-state index contributed by atoms with van der Waals surface area (Å²) >= 11 is 0. The third-order valence-electron chi connectivity index (χ3n) is 21.8. The van der Waals surface area contributed by atoms with Crippen molar-refractivity contribution in [3.8, 4) is 0 Å². The van der Waals surface area contributed by atoms with Crippen LogP contribution in [0.1, 0.15) is 86.5 Å². The van der Waals surface area contributed by atoms with Gasteiger partial charge >= 0.3 is 5.97 Å². The second-order valence-electron chi connectivity index (χ2n) is 25.9. The summed E-state index contributed by atoms with van der Waals surface area (Å²) in [7, 11) is 0. The van der Waals surface area contributed by atoms with E-state index in [0.717, 1.165) is 5.57 Å². The molecule has 5 aliphatic carbocycles. The van der Waals surface area contributed by atoms with Crippen molar-refractivity contribution >= 4 is 5.97 Å². The first kappa shape index (κ1) is 62.8. The molecule has 4 saturated carbocycles. The van der Waals surface area contributed by atoms with Gasteiger partial charge in [-0.2, -0.15) is 0 Å². The molecule has 80 heavy (non-hydrogen) atoms. The number of aliphatic carboxylic acids is 1. The van der Waals surface area contributed by atoms with Gasteiger partial charge in [-0.15, -0.1) is 0 Å². The van der Waals surface area contributed by atoms with E-state index in [1.54, 1.807) is 6.92 Å². The first-order valence-electron chi connectivity index (χ1n) is 28.3. The summed E-state index contributed by atoms with van der Waals surface area (Å²) in [6.07, 6.45) is -36.4. The first-order chi connectivity index (χ1) is 37.5. The molecule has 33 atom stereocenters. The predicted molar refractivity (Wildman–Crippen MR) is 267 cm³/mol. The fourth-order valence-corrected chi connectivity index (χ4v) is 17.0. The molecule has 0 radical (unpaired) electrons. The van der Waals surface area contributed by atoms with Crippen molar-refractivity contribution in [2.75, 3.05) is 33.0 Å². The highest BCUT2D eigenvalue weighted by Gasteiger charge is 2.75. The van der Waals surface area contributed by atoms with Crippen LogP contribution in [0.25, 0.3) is 0 Å². The molecule has 0 aromatic carbocycles. The van der Waals surface area contributed by atoms with E-state index < -0.39 is 225 Å². The molecule has 0 bridgehead atoms. The molecule has 8 fully saturated rings. The van der Waals surface area contributed by atoms with Crippen LogP contribution in [0.3, 0.4) is 0 Å². The quantitative estimate of drug-likeness (QED) is 0.0574. The molecule has 0 amide bonds. The Kier molecular flexibility index (Phi) is 18.2. The molecule has 0 aromatic heterocycles. The van der Waals surface area contributed by atoms with Crippen LogP contribution in [-0.2, 0) is 42.7 Å². The molecule has 9 rings (SSSR count). The Balaban J connectivity index is 1.26. The maximum Gasteiger partial charge on any atom is 0.310 e. The van der Waals surface area contributed by atoms with Gasteiger partial charge in [-0.1, -0.05) is 53.2 Å². The average molecular weight is 1150 g/mol. The first-order valence-corrected chi connectivity index (χ1v) is 28.3. The zero-order valence-corrected chi connectivity index (χ0v) is 46.0. The van der Waals surface area contributed by atoms with Gasteiger partial charge in [0.1, 0.15) is 97.7 Å². The molecule has 0 aromatic rings. The van der Waals surface area contributed by atoms with Crippen molar-refractivity contribution in [3.05, 3.63) is 11.6 Å². The van der Waals surface area contributed by atoms with Gasteiger partial charge in [0.15, 0.2) is 25.2 Å². The van der Waals surface area contributed by atoms with E-state index in [2.05, 4.69) is 33.8 Å². The average Bonchev–Trinajstić information content (AvgIpc) is 3.42. The third-order valence-corrected chi connectivity index (χ3v) is 21.8. The Morgan fingerprint density at radius 2 is 1.00 bits per heavy atom. The van der Waals surface area contributed by atoms with Crippen LogP contribution in [-0.4, -0.2) is 267 Å². The Bertz CT molecular complexity index is 2190. The summed E-state index contributed by atoms with van der Waals surface area (Å²) in [6.45, 7) is 7.94. The summed E-state index contributed by atoms with van der Waals surface area (Å²) in [5.74, 6) is -2.72. The summed E-state index contributed by atoms with van der Waals surface area (Å²) in [5.41, 5.74) is -4.92. The number of carbonyl (C=O) groups is 1. The summed E-state index contributed by atoms with van der Waals surface area (Å²) in [5, 5.41) is 187. The molecule has 460 valence electrons. The van der Waals surface area contributed by atoms with Crippen LogP contribution in [0.15, 0.2) is 11.6 Å². The molecule has 33 unspecified atom stereocenters. The van der Waals surface area contributed by atoms with Crippen molar-refractivity contribution < 1.29 is 130 Å². The third kappa shape index (κ3) is 9.86. The minimum atomic E-state index is -2.06. The lowest BCUT2D eigenvalue weighted by atomic mass is 9.32. The van der Waals surface area contributed by atoms with Crippen molar-refractivity contribution in [3.63, 3.8) is 0 Å². The Morgan fingerprint density at radius 3 is 1.46 bits per heavy atom. The number of hydrogen-bond donors (Lipinski definition) is 17. The molecule has 26 nitrogen and oxygen atoms in total. The highest BCUT2D eigenvalue weighted by molar-refractivity contribution is 5.76. The van der Waals surface area contributed by atoms with Crippen LogP contribution in [0.5, 0.6) is 0 Å². The fourth-order valence-electron chi connectivity index (χ4n) is 17.0. The van der Waals surface area contributed by atoms with E-state index in [0.29, 0.717) is 32.1 Å². The number of rotatable bonds is 14. The molecular formula is C54H88O26. The highest BCUT2D eigenvalue weighted by atomic mass is 16.7. The Hall–Kier alpha value is -1.75. The number of carboxylic acid groups (broad SMARTS) is 1. The van der Waals surface area contributed by atoms with Gasteiger partial charge in [0.2, 0.25) is 0 Å². The van der Waals surface area contributed by atoms with E-state index in [4.69, 9.17) is 37.9 Å². The van der Waals surface area contributed by atoms with E-state index in [-0.39, 0.29) is 24.7 Å². The van der Waals surface area contributed by atoms with Crippen molar-refractivity contribution in [1.82, 2.24) is 0 Å². The largest absolute Gasteiger partial charge is 0.481 e. The molecule has 4 aliphatic heterocycles. The number of hydrogen-bond acceptors (Lipinski definition) is 25. The molecular weight excluding hydrogens is 1060 g/mol. The normalized spacial score (nSPS) is 56.2. The van der Waals surface area contributed by atoms with Gasteiger partial charge in [0.25, 0.3) is 0 Å². The molecule has 9 aliphatic rings. The van der Waals surface area contributed by atoms with E-state index >= 15 is 0 Å². The van der Waals surface area contributed by atoms with E-state index in [1.807, 2.05) is 6.92 Å². The van der Waals surface area contributed by atoms with Gasteiger partial charge in [-0.05, 0) is 84.9 Å². The molecule has 17 N–H and O–H groups in total. The van der Waals surface area contributed by atoms with Crippen molar-refractivity contribution in [2.24, 2.45) is 56.7 Å². The lowest BCUT2D eigenvalue weighted by Gasteiger charge is -2.73.